The van der Waals surface area contributed by atoms with Crippen LogP contribution in [0.3, 0.4) is 0 Å². The first-order chi connectivity index (χ1) is 3.93. The molecule has 1 heterocycles. The zero-order valence-corrected chi connectivity index (χ0v) is 5.54. The first kappa shape index (κ1) is 11.8. The molecule has 0 amide bonds. The normalized spacial score (nSPS) is 7.30. The van der Waals surface area contributed by atoms with Crippen LogP contribution in [0.1, 0.15) is 5.56 Å². The molecule has 0 aliphatic carbocycles. The molecule has 0 saturated heterocycles. The molecule has 0 fully saturated rings. The van der Waals surface area contributed by atoms with Crippen molar-refractivity contribution < 1.29 is 11.0 Å². The van der Waals surface area contributed by atoms with Gasteiger partial charge in [-0.15, -0.1) is 0 Å². The van der Waals surface area contributed by atoms with Gasteiger partial charge in [-0.25, -0.2) is 0 Å². The fourth-order valence-corrected chi connectivity index (χ4v) is 0.519. The molecule has 0 unspecified atom stereocenters. The SMILES string of the molecule is NCc1cccnc1.O.O. The van der Waals surface area contributed by atoms with E-state index in [0.717, 1.165) is 5.56 Å². The summed E-state index contributed by atoms with van der Waals surface area (Å²) in [5.41, 5.74) is 6.39. The van der Waals surface area contributed by atoms with Crippen molar-refractivity contribution in [2.45, 2.75) is 6.54 Å². The summed E-state index contributed by atoms with van der Waals surface area (Å²) >= 11 is 0. The second-order valence-corrected chi connectivity index (χ2v) is 1.57. The van der Waals surface area contributed by atoms with E-state index in [4.69, 9.17) is 5.73 Å². The van der Waals surface area contributed by atoms with Crippen molar-refractivity contribution in [2.75, 3.05) is 0 Å². The third-order valence-corrected chi connectivity index (χ3v) is 0.958. The molecule has 1 aromatic heterocycles. The van der Waals surface area contributed by atoms with E-state index in [1.807, 2.05) is 12.1 Å². The van der Waals surface area contributed by atoms with Gasteiger partial charge in [-0.3, -0.25) is 4.98 Å². The van der Waals surface area contributed by atoms with Crippen LogP contribution in [0, 0.1) is 0 Å². The smallest absolute Gasteiger partial charge is 0.0312 e. The number of aromatic nitrogens is 1. The molecule has 0 spiro atoms. The number of hydrogen-bond acceptors (Lipinski definition) is 2. The summed E-state index contributed by atoms with van der Waals surface area (Å²) in [4.78, 5) is 3.88. The standard InChI is InChI=1S/C6H8N2.2H2O/c7-4-6-2-1-3-8-5-6;;/h1-3,5H,4,7H2;2*1H2. The molecular weight excluding hydrogens is 132 g/mol. The average molecular weight is 144 g/mol. The molecular formula is C6H12N2O2. The molecule has 58 valence electrons. The van der Waals surface area contributed by atoms with E-state index in [0.29, 0.717) is 6.54 Å². The highest BCUT2D eigenvalue weighted by Gasteiger charge is 1.81. The van der Waals surface area contributed by atoms with E-state index in [1.54, 1.807) is 12.4 Å². The van der Waals surface area contributed by atoms with Crippen LogP contribution in [0.15, 0.2) is 24.5 Å². The Balaban J connectivity index is 0. The van der Waals surface area contributed by atoms with E-state index >= 15 is 0 Å². The predicted octanol–water partition coefficient (Wildman–Crippen LogP) is -1.11. The lowest BCUT2D eigenvalue weighted by Crippen LogP contribution is -1.95. The van der Waals surface area contributed by atoms with Gasteiger partial charge in [0.25, 0.3) is 0 Å². The third kappa shape index (κ3) is 3.13. The van der Waals surface area contributed by atoms with E-state index in [2.05, 4.69) is 4.98 Å². The summed E-state index contributed by atoms with van der Waals surface area (Å²) < 4.78 is 0. The van der Waals surface area contributed by atoms with Crippen molar-refractivity contribution in [3.63, 3.8) is 0 Å². The minimum atomic E-state index is 0. The Kier molecular flexibility index (Phi) is 7.25. The zero-order valence-electron chi connectivity index (χ0n) is 5.54. The second-order valence-electron chi connectivity index (χ2n) is 1.57. The Labute approximate surface area is 59.3 Å². The summed E-state index contributed by atoms with van der Waals surface area (Å²) in [7, 11) is 0. The quantitative estimate of drug-likeness (QED) is 0.540. The summed E-state index contributed by atoms with van der Waals surface area (Å²) in [6.45, 7) is 0.577. The molecule has 10 heavy (non-hydrogen) atoms. The lowest BCUT2D eigenvalue weighted by molar-refractivity contribution is 0.823. The Hall–Kier alpha value is -0.970. The highest BCUT2D eigenvalue weighted by Crippen LogP contribution is 1.90. The lowest BCUT2D eigenvalue weighted by atomic mass is 10.3. The fourth-order valence-electron chi connectivity index (χ4n) is 0.519. The van der Waals surface area contributed by atoms with Gasteiger partial charge in [0.05, 0.1) is 0 Å². The first-order valence-corrected chi connectivity index (χ1v) is 2.52. The Bertz CT molecular complexity index is 155. The lowest BCUT2D eigenvalue weighted by Gasteiger charge is -1.89. The van der Waals surface area contributed by atoms with Gasteiger partial charge in [-0.2, -0.15) is 0 Å². The molecule has 0 radical (unpaired) electrons. The molecule has 0 aromatic carbocycles. The van der Waals surface area contributed by atoms with Gasteiger partial charge in [0.15, 0.2) is 0 Å². The molecule has 0 aliphatic rings. The fraction of sp³-hybridized carbons (Fsp3) is 0.167. The molecule has 6 N–H and O–H groups in total. The van der Waals surface area contributed by atoms with Gasteiger partial charge in [-0.05, 0) is 11.6 Å². The van der Waals surface area contributed by atoms with Crippen LogP contribution in [-0.4, -0.2) is 15.9 Å². The highest BCUT2D eigenvalue weighted by molar-refractivity contribution is 5.06. The van der Waals surface area contributed by atoms with E-state index in [1.165, 1.54) is 0 Å². The largest absolute Gasteiger partial charge is 0.412 e. The van der Waals surface area contributed by atoms with E-state index < -0.39 is 0 Å². The third-order valence-electron chi connectivity index (χ3n) is 0.958. The molecule has 1 aromatic rings. The van der Waals surface area contributed by atoms with Crippen molar-refractivity contribution in [3.8, 4) is 0 Å². The van der Waals surface area contributed by atoms with Gasteiger partial charge >= 0.3 is 0 Å². The van der Waals surface area contributed by atoms with Gasteiger partial charge in [0.2, 0.25) is 0 Å². The predicted molar refractivity (Wildman–Crippen MR) is 39.4 cm³/mol. The number of pyridine rings is 1. The van der Waals surface area contributed by atoms with Crippen LogP contribution >= 0.6 is 0 Å². The summed E-state index contributed by atoms with van der Waals surface area (Å²) in [6.07, 6.45) is 3.50. The van der Waals surface area contributed by atoms with Crippen LogP contribution in [0.25, 0.3) is 0 Å². The van der Waals surface area contributed by atoms with Crippen LogP contribution in [0.4, 0.5) is 0 Å². The van der Waals surface area contributed by atoms with Crippen molar-refractivity contribution in [1.82, 2.24) is 4.98 Å². The van der Waals surface area contributed by atoms with Gasteiger partial charge in [-0.1, -0.05) is 6.07 Å². The maximum Gasteiger partial charge on any atom is 0.0312 e. The minimum absolute atomic E-state index is 0. The second kappa shape index (κ2) is 6.15. The molecule has 4 nitrogen and oxygen atoms in total. The molecule has 0 aliphatic heterocycles. The van der Waals surface area contributed by atoms with Gasteiger partial charge < -0.3 is 16.7 Å². The molecule has 0 atom stereocenters. The molecule has 0 bridgehead atoms. The first-order valence-electron chi connectivity index (χ1n) is 2.52. The Morgan fingerprint density at radius 1 is 1.40 bits per heavy atom. The number of hydrogen-bond donors (Lipinski definition) is 1. The van der Waals surface area contributed by atoms with E-state index in [9.17, 15) is 0 Å². The molecule has 4 heteroatoms. The van der Waals surface area contributed by atoms with Crippen molar-refractivity contribution >= 4 is 0 Å². The van der Waals surface area contributed by atoms with Gasteiger partial charge in [0, 0.05) is 18.9 Å². The highest BCUT2D eigenvalue weighted by atomic mass is 16.0. The number of rotatable bonds is 1. The maximum atomic E-state index is 5.31. The number of nitrogens with zero attached hydrogens (tertiary/aromatic N) is 1. The van der Waals surface area contributed by atoms with Crippen LogP contribution < -0.4 is 5.73 Å². The molecule has 1 rings (SSSR count). The van der Waals surface area contributed by atoms with Crippen LogP contribution in [0.2, 0.25) is 0 Å². The topological polar surface area (TPSA) is 102 Å². The zero-order chi connectivity index (χ0) is 5.82. The maximum absolute atomic E-state index is 5.31. The average Bonchev–Trinajstić information content (AvgIpc) is 1.90. The number of nitrogens with two attached hydrogens (primary N) is 1. The van der Waals surface area contributed by atoms with Crippen molar-refractivity contribution in [3.05, 3.63) is 30.1 Å². The minimum Gasteiger partial charge on any atom is -0.412 e. The molecule has 0 saturated carbocycles. The Morgan fingerprint density at radius 2 is 2.10 bits per heavy atom. The summed E-state index contributed by atoms with van der Waals surface area (Å²) in [5.74, 6) is 0. The van der Waals surface area contributed by atoms with E-state index in [-0.39, 0.29) is 11.0 Å². The van der Waals surface area contributed by atoms with Crippen LogP contribution in [0.5, 0.6) is 0 Å². The monoisotopic (exact) mass is 144 g/mol. The Morgan fingerprint density at radius 3 is 2.40 bits per heavy atom. The van der Waals surface area contributed by atoms with Crippen molar-refractivity contribution in [1.29, 1.82) is 0 Å². The van der Waals surface area contributed by atoms with Crippen molar-refractivity contribution in [2.24, 2.45) is 5.73 Å². The van der Waals surface area contributed by atoms with Gasteiger partial charge in [0.1, 0.15) is 0 Å². The summed E-state index contributed by atoms with van der Waals surface area (Å²) in [6, 6.07) is 3.83. The summed E-state index contributed by atoms with van der Waals surface area (Å²) in [5, 5.41) is 0. The van der Waals surface area contributed by atoms with Crippen LogP contribution in [-0.2, 0) is 6.54 Å².